The van der Waals surface area contributed by atoms with Crippen molar-refractivity contribution in [2.75, 3.05) is 18.4 Å². The number of carbonyl (C=O) groups excluding carboxylic acids is 1. The molecular formula is C17H24Cl2N2O3. The molecule has 2 atom stereocenters. The van der Waals surface area contributed by atoms with Gasteiger partial charge in [0.2, 0.25) is 0 Å². The first-order valence-corrected chi connectivity index (χ1v) is 8.43. The van der Waals surface area contributed by atoms with Crippen LogP contribution in [0, 0.1) is 11.8 Å². The third kappa shape index (κ3) is 5.56. The van der Waals surface area contributed by atoms with Gasteiger partial charge in [0.05, 0.1) is 5.92 Å². The fourth-order valence-corrected chi connectivity index (χ4v) is 3.15. The third-order valence-corrected chi connectivity index (χ3v) is 4.61. The van der Waals surface area contributed by atoms with E-state index in [0.717, 1.165) is 19.3 Å². The zero-order chi connectivity index (χ0) is 16.8. The number of hydrogen-bond donors (Lipinski definition) is 2. The maximum absolute atomic E-state index is 12.3. The molecule has 1 saturated heterocycles. The Morgan fingerprint density at radius 2 is 2.04 bits per heavy atom. The van der Waals surface area contributed by atoms with Crippen LogP contribution in [0.2, 0.25) is 5.02 Å². The highest BCUT2D eigenvalue weighted by Gasteiger charge is 2.35. The lowest BCUT2D eigenvalue weighted by molar-refractivity contribution is -0.143. The van der Waals surface area contributed by atoms with Crippen LogP contribution < -0.4 is 5.32 Å². The fourth-order valence-electron chi connectivity index (χ4n) is 3.02. The van der Waals surface area contributed by atoms with E-state index < -0.39 is 5.97 Å². The summed E-state index contributed by atoms with van der Waals surface area (Å²) in [5, 5.41) is 12.9. The van der Waals surface area contributed by atoms with Gasteiger partial charge in [-0.25, -0.2) is 4.79 Å². The Hall–Kier alpha value is -1.46. The quantitative estimate of drug-likeness (QED) is 0.769. The van der Waals surface area contributed by atoms with Gasteiger partial charge in [-0.1, -0.05) is 31.4 Å². The van der Waals surface area contributed by atoms with Gasteiger partial charge in [-0.3, -0.25) is 4.79 Å². The molecule has 2 rings (SSSR count). The van der Waals surface area contributed by atoms with Crippen LogP contribution in [0.1, 0.15) is 32.6 Å². The Balaban J connectivity index is 0.00000288. The van der Waals surface area contributed by atoms with E-state index in [4.69, 9.17) is 11.6 Å². The fraction of sp³-hybridized carbons (Fsp3) is 0.529. The standard InChI is InChI=1S/C17H23ClN2O3.ClH/c1-2-3-4-15(16(21)22)12-9-10-20(11-12)17(23)19-14-7-5-13(18)6-8-14;/h5-8,12,15H,2-4,9-11H2,1H3,(H,19,23)(H,21,22);1H/t12-,15?;/m1./s1. The van der Waals surface area contributed by atoms with Gasteiger partial charge in [-0.2, -0.15) is 0 Å². The highest BCUT2D eigenvalue weighted by atomic mass is 35.5. The molecule has 1 unspecified atom stereocenters. The number of carboxylic acids is 1. The molecule has 0 saturated carbocycles. The summed E-state index contributed by atoms with van der Waals surface area (Å²) in [5.41, 5.74) is 0.684. The number of halogens is 2. The number of nitrogens with zero attached hydrogens (tertiary/aromatic N) is 1. The van der Waals surface area contributed by atoms with Crippen molar-refractivity contribution in [1.82, 2.24) is 4.90 Å². The molecule has 0 bridgehead atoms. The molecule has 2 amide bonds. The van der Waals surface area contributed by atoms with Crippen LogP contribution >= 0.6 is 24.0 Å². The van der Waals surface area contributed by atoms with Crippen molar-refractivity contribution < 1.29 is 14.7 Å². The lowest BCUT2D eigenvalue weighted by Gasteiger charge is -2.21. The SMILES string of the molecule is CCCCC(C(=O)O)[C@@H]1CCN(C(=O)Nc2ccc(Cl)cc2)C1.Cl. The Bertz CT molecular complexity index is 551. The first-order chi connectivity index (χ1) is 11.0. The second kappa shape index (κ2) is 9.74. The topological polar surface area (TPSA) is 69.6 Å². The minimum absolute atomic E-state index is 0. The number of unbranched alkanes of at least 4 members (excludes halogenated alkanes) is 1. The zero-order valence-corrected chi connectivity index (χ0v) is 15.3. The summed E-state index contributed by atoms with van der Waals surface area (Å²) in [4.78, 5) is 25.4. The number of hydrogen-bond acceptors (Lipinski definition) is 2. The molecule has 2 N–H and O–H groups in total. The molecule has 7 heteroatoms. The number of urea groups is 1. The van der Waals surface area contributed by atoms with Crippen molar-refractivity contribution in [2.24, 2.45) is 11.8 Å². The average Bonchev–Trinajstić information content (AvgIpc) is 2.99. The number of carbonyl (C=O) groups is 2. The van der Waals surface area contributed by atoms with Crippen molar-refractivity contribution in [3.05, 3.63) is 29.3 Å². The number of likely N-dealkylation sites (tertiary alicyclic amines) is 1. The number of carboxylic acid groups (broad SMARTS) is 1. The van der Waals surface area contributed by atoms with Crippen LogP contribution in [0.15, 0.2) is 24.3 Å². The van der Waals surface area contributed by atoms with Crippen LogP contribution in [-0.2, 0) is 4.79 Å². The van der Waals surface area contributed by atoms with Crippen LogP contribution in [-0.4, -0.2) is 35.1 Å². The lowest BCUT2D eigenvalue weighted by Crippen LogP contribution is -2.34. The van der Waals surface area contributed by atoms with Crippen molar-refractivity contribution in [1.29, 1.82) is 0 Å². The first kappa shape index (κ1) is 20.6. The summed E-state index contributed by atoms with van der Waals surface area (Å²) in [6.45, 7) is 3.15. The van der Waals surface area contributed by atoms with Gasteiger partial charge < -0.3 is 15.3 Å². The molecule has 5 nitrogen and oxygen atoms in total. The van der Waals surface area contributed by atoms with Crippen molar-refractivity contribution in [3.63, 3.8) is 0 Å². The highest BCUT2D eigenvalue weighted by Crippen LogP contribution is 2.28. The molecule has 1 heterocycles. The predicted octanol–water partition coefficient (Wildman–Crippen LogP) is 4.51. The molecule has 0 spiro atoms. The maximum atomic E-state index is 12.3. The summed E-state index contributed by atoms with van der Waals surface area (Å²) in [5.74, 6) is -1.07. The van der Waals surface area contributed by atoms with Crippen LogP contribution in [0.5, 0.6) is 0 Å². The first-order valence-electron chi connectivity index (χ1n) is 8.05. The monoisotopic (exact) mass is 374 g/mol. The van der Waals surface area contributed by atoms with Gasteiger partial charge in [0.1, 0.15) is 0 Å². The van der Waals surface area contributed by atoms with Crippen LogP contribution in [0.4, 0.5) is 10.5 Å². The highest BCUT2D eigenvalue weighted by molar-refractivity contribution is 6.30. The normalized spacial score (nSPS) is 17.9. The molecule has 1 aliphatic heterocycles. The van der Waals surface area contributed by atoms with E-state index >= 15 is 0 Å². The summed E-state index contributed by atoms with van der Waals surface area (Å²) < 4.78 is 0. The minimum atomic E-state index is -0.747. The van der Waals surface area contributed by atoms with E-state index in [1.54, 1.807) is 29.2 Å². The third-order valence-electron chi connectivity index (χ3n) is 4.36. The average molecular weight is 375 g/mol. The molecule has 0 radical (unpaired) electrons. The number of anilines is 1. The smallest absolute Gasteiger partial charge is 0.321 e. The van der Waals surface area contributed by atoms with Crippen molar-refractivity contribution in [3.8, 4) is 0 Å². The number of aliphatic carboxylic acids is 1. The molecule has 1 fully saturated rings. The minimum Gasteiger partial charge on any atom is -0.481 e. The lowest BCUT2D eigenvalue weighted by atomic mass is 9.87. The van der Waals surface area contributed by atoms with Gasteiger partial charge in [0.15, 0.2) is 0 Å². The van der Waals surface area contributed by atoms with Gasteiger partial charge in [-0.15, -0.1) is 12.4 Å². The number of nitrogens with one attached hydrogen (secondary N) is 1. The van der Waals surface area contributed by atoms with E-state index in [1.807, 2.05) is 0 Å². The van der Waals surface area contributed by atoms with Crippen LogP contribution in [0.25, 0.3) is 0 Å². The van der Waals surface area contributed by atoms with E-state index in [-0.39, 0.29) is 30.3 Å². The van der Waals surface area contributed by atoms with E-state index in [2.05, 4.69) is 12.2 Å². The molecule has 24 heavy (non-hydrogen) atoms. The van der Waals surface area contributed by atoms with Crippen molar-refractivity contribution >= 4 is 41.7 Å². The summed E-state index contributed by atoms with van der Waals surface area (Å²) in [6.07, 6.45) is 3.32. The Morgan fingerprint density at radius 1 is 1.38 bits per heavy atom. The summed E-state index contributed by atoms with van der Waals surface area (Å²) in [7, 11) is 0. The molecule has 1 aliphatic rings. The van der Waals surface area contributed by atoms with Crippen LogP contribution in [0.3, 0.4) is 0 Å². The van der Waals surface area contributed by atoms with E-state index in [0.29, 0.717) is 30.2 Å². The molecule has 1 aromatic rings. The second-order valence-electron chi connectivity index (χ2n) is 6.02. The summed E-state index contributed by atoms with van der Waals surface area (Å²) >= 11 is 5.82. The molecule has 0 aromatic heterocycles. The van der Waals surface area contributed by atoms with E-state index in [1.165, 1.54) is 0 Å². The number of rotatable bonds is 6. The second-order valence-corrected chi connectivity index (χ2v) is 6.46. The van der Waals surface area contributed by atoms with E-state index in [9.17, 15) is 14.7 Å². The molecule has 134 valence electrons. The van der Waals surface area contributed by atoms with Gasteiger partial charge in [0, 0.05) is 23.8 Å². The van der Waals surface area contributed by atoms with Gasteiger partial charge in [-0.05, 0) is 43.0 Å². The summed E-state index contributed by atoms with van der Waals surface area (Å²) in [6, 6.07) is 6.74. The number of benzene rings is 1. The Labute approximate surface area is 153 Å². The Morgan fingerprint density at radius 3 is 2.62 bits per heavy atom. The molecular weight excluding hydrogens is 351 g/mol. The van der Waals surface area contributed by atoms with Gasteiger partial charge >= 0.3 is 12.0 Å². The largest absolute Gasteiger partial charge is 0.481 e. The molecule has 0 aliphatic carbocycles. The predicted molar refractivity (Wildman–Crippen MR) is 98.0 cm³/mol. The Kier molecular flexibility index (Phi) is 8.36. The molecule has 1 aromatic carbocycles. The zero-order valence-electron chi connectivity index (χ0n) is 13.7. The maximum Gasteiger partial charge on any atom is 0.321 e. The number of amides is 2. The van der Waals surface area contributed by atoms with Crippen molar-refractivity contribution in [2.45, 2.75) is 32.6 Å². The van der Waals surface area contributed by atoms with Gasteiger partial charge in [0.25, 0.3) is 0 Å².